The molecule has 0 bridgehead atoms. The number of amides is 1. The van der Waals surface area contributed by atoms with Crippen molar-refractivity contribution in [2.24, 2.45) is 0 Å². The van der Waals surface area contributed by atoms with Crippen LogP contribution in [0.2, 0.25) is 0 Å². The predicted octanol–water partition coefficient (Wildman–Crippen LogP) is 3.14. The number of alkyl halides is 3. The van der Waals surface area contributed by atoms with E-state index in [9.17, 15) is 28.1 Å². The van der Waals surface area contributed by atoms with Crippen molar-refractivity contribution < 1.29 is 22.9 Å². The fraction of sp³-hybridized carbons (Fsp3) is 0.0714. The van der Waals surface area contributed by atoms with Crippen LogP contribution in [0.15, 0.2) is 36.7 Å². The largest absolute Gasteiger partial charge is 0.449 e. The van der Waals surface area contributed by atoms with Crippen LogP contribution in [0.3, 0.4) is 0 Å². The first-order valence-corrected chi connectivity index (χ1v) is 6.72. The number of carbonyl (C=O) groups excluding carboxylic acids is 1. The Labute approximate surface area is 136 Å². The molecular formula is C14H8F3N5O3. The zero-order chi connectivity index (χ0) is 18.2. The summed E-state index contributed by atoms with van der Waals surface area (Å²) in [5, 5.41) is 13.0. The van der Waals surface area contributed by atoms with Gasteiger partial charge in [-0.1, -0.05) is 0 Å². The monoisotopic (exact) mass is 351 g/mol. The van der Waals surface area contributed by atoms with Crippen LogP contribution in [0, 0.1) is 10.1 Å². The van der Waals surface area contributed by atoms with Crippen LogP contribution in [-0.4, -0.2) is 25.8 Å². The van der Waals surface area contributed by atoms with Crippen LogP contribution >= 0.6 is 0 Å². The number of fused-ring (bicyclic) bond motifs is 1. The highest BCUT2D eigenvalue weighted by atomic mass is 19.4. The number of rotatable bonds is 3. The minimum absolute atomic E-state index is 0.0383. The van der Waals surface area contributed by atoms with Crippen molar-refractivity contribution >= 4 is 28.3 Å². The summed E-state index contributed by atoms with van der Waals surface area (Å²) in [6, 6.07) is 4.97. The molecule has 25 heavy (non-hydrogen) atoms. The Morgan fingerprint density at radius 1 is 1.20 bits per heavy atom. The first-order chi connectivity index (χ1) is 11.8. The number of nitro groups is 1. The average molecular weight is 351 g/mol. The number of anilines is 1. The Morgan fingerprint density at radius 2 is 1.88 bits per heavy atom. The Kier molecular flexibility index (Phi) is 3.83. The number of halogens is 3. The van der Waals surface area contributed by atoms with Crippen molar-refractivity contribution in [3.63, 3.8) is 0 Å². The maximum atomic E-state index is 12.7. The standard InChI is InChI=1S/C14H8F3N5O3/c15-14(16,17)13-20-10-6-18-5-9(11(10)21-13)12(23)19-7-1-3-8(4-2-7)22(24)25/h1-6H,(H,19,23)(H,20,21). The molecule has 0 aliphatic heterocycles. The molecule has 1 amide bonds. The summed E-state index contributed by atoms with van der Waals surface area (Å²) in [6.45, 7) is 0. The van der Waals surface area contributed by atoms with Gasteiger partial charge in [-0.25, -0.2) is 4.98 Å². The minimum atomic E-state index is -4.69. The lowest BCUT2D eigenvalue weighted by atomic mass is 10.2. The van der Waals surface area contributed by atoms with Gasteiger partial charge < -0.3 is 10.3 Å². The van der Waals surface area contributed by atoms with Gasteiger partial charge in [0.15, 0.2) is 0 Å². The summed E-state index contributed by atoms with van der Waals surface area (Å²) < 4.78 is 38.2. The van der Waals surface area contributed by atoms with E-state index in [1.165, 1.54) is 24.3 Å². The van der Waals surface area contributed by atoms with E-state index in [0.29, 0.717) is 0 Å². The van der Waals surface area contributed by atoms with E-state index in [1.807, 2.05) is 0 Å². The minimum Gasteiger partial charge on any atom is -0.333 e. The summed E-state index contributed by atoms with van der Waals surface area (Å²) >= 11 is 0. The Morgan fingerprint density at radius 3 is 2.48 bits per heavy atom. The van der Waals surface area contributed by atoms with Crippen LogP contribution < -0.4 is 5.32 Å². The molecule has 0 aliphatic carbocycles. The molecule has 128 valence electrons. The molecule has 8 nitrogen and oxygen atoms in total. The second kappa shape index (κ2) is 5.85. The van der Waals surface area contributed by atoms with Gasteiger partial charge >= 0.3 is 6.18 Å². The van der Waals surface area contributed by atoms with E-state index in [0.717, 1.165) is 12.4 Å². The van der Waals surface area contributed by atoms with Gasteiger partial charge in [0.2, 0.25) is 5.82 Å². The number of pyridine rings is 1. The summed E-state index contributed by atoms with van der Waals surface area (Å²) in [5.41, 5.74) is -0.309. The quantitative estimate of drug-likeness (QED) is 0.556. The average Bonchev–Trinajstić information content (AvgIpc) is 2.99. The summed E-state index contributed by atoms with van der Waals surface area (Å²) in [5.74, 6) is -1.98. The van der Waals surface area contributed by atoms with E-state index >= 15 is 0 Å². The highest BCUT2D eigenvalue weighted by molar-refractivity contribution is 6.11. The van der Waals surface area contributed by atoms with Crippen LogP contribution in [0.4, 0.5) is 24.5 Å². The van der Waals surface area contributed by atoms with Crippen molar-refractivity contribution in [1.29, 1.82) is 0 Å². The molecule has 0 fully saturated rings. The number of non-ortho nitro benzene ring substituents is 1. The fourth-order valence-corrected chi connectivity index (χ4v) is 2.10. The molecular weight excluding hydrogens is 343 g/mol. The summed E-state index contributed by atoms with van der Waals surface area (Å²) in [6.07, 6.45) is -2.48. The molecule has 2 N–H and O–H groups in total. The molecule has 0 aliphatic rings. The van der Waals surface area contributed by atoms with Crippen LogP contribution in [-0.2, 0) is 6.18 Å². The molecule has 1 aromatic carbocycles. The lowest BCUT2D eigenvalue weighted by Gasteiger charge is -2.05. The van der Waals surface area contributed by atoms with E-state index in [2.05, 4.69) is 20.3 Å². The topological polar surface area (TPSA) is 114 Å². The first-order valence-electron chi connectivity index (χ1n) is 6.72. The first kappa shape index (κ1) is 16.4. The van der Waals surface area contributed by atoms with Crippen molar-refractivity contribution in [2.75, 3.05) is 5.32 Å². The number of aromatic nitrogens is 3. The number of hydrogen-bond donors (Lipinski definition) is 2. The van der Waals surface area contributed by atoms with E-state index in [1.54, 1.807) is 0 Å². The van der Waals surface area contributed by atoms with Crippen molar-refractivity contribution in [2.45, 2.75) is 6.18 Å². The molecule has 0 unspecified atom stereocenters. The number of nitrogens with zero attached hydrogens (tertiary/aromatic N) is 3. The molecule has 3 aromatic rings. The zero-order valence-corrected chi connectivity index (χ0v) is 12.2. The highest BCUT2D eigenvalue weighted by Gasteiger charge is 2.35. The van der Waals surface area contributed by atoms with Gasteiger partial charge in [-0.05, 0) is 12.1 Å². The van der Waals surface area contributed by atoms with Gasteiger partial charge in [-0.15, -0.1) is 0 Å². The molecule has 2 heterocycles. The van der Waals surface area contributed by atoms with E-state index in [-0.39, 0.29) is 28.0 Å². The third kappa shape index (κ3) is 3.24. The lowest BCUT2D eigenvalue weighted by molar-refractivity contribution is -0.384. The van der Waals surface area contributed by atoms with Crippen LogP contribution in [0.1, 0.15) is 16.2 Å². The third-order valence-corrected chi connectivity index (χ3v) is 3.24. The maximum Gasteiger partial charge on any atom is 0.449 e. The van der Waals surface area contributed by atoms with Gasteiger partial charge in [0.1, 0.15) is 5.52 Å². The summed E-state index contributed by atoms with van der Waals surface area (Å²) in [7, 11) is 0. The molecule has 2 aromatic heterocycles. The van der Waals surface area contributed by atoms with Gasteiger partial charge in [0.05, 0.1) is 22.2 Å². The molecule has 0 saturated carbocycles. The van der Waals surface area contributed by atoms with Crippen molar-refractivity contribution in [3.05, 3.63) is 58.2 Å². The highest BCUT2D eigenvalue weighted by Crippen LogP contribution is 2.29. The van der Waals surface area contributed by atoms with Gasteiger partial charge in [-0.3, -0.25) is 19.9 Å². The number of H-pyrrole nitrogens is 1. The molecule has 0 radical (unpaired) electrons. The van der Waals surface area contributed by atoms with Crippen molar-refractivity contribution in [1.82, 2.24) is 15.0 Å². The number of benzene rings is 1. The van der Waals surface area contributed by atoms with Crippen LogP contribution in [0.25, 0.3) is 11.0 Å². The molecule has 0 spiro atoms. The second-order valence-corrected chi connectivity index (χ2v) is 4.92. The number of aromatic amines is 1. The molecule has 11 heteroatoms. The number of imidazole rings is 1. The van der Waals surface area contributed by atoms with E-state index < -0.39 is 22.8 Å². The number of hydrogen-bond acceptors (Lipinski definition) is 5. The van der Waals surface area contributed by atoms with E-state index in [4.69, 9.17) is 0 Å². The smallest absolute Gasteiger partial charge is 0.333 e. The maximum absolute atomic E-state index is 12.7. The Balaban J connectivity index is 1.91. The second-order valence-electron chi connectivity index (χ2n) is 4.92. The summed E-state index contributed by atoms with van der Waals surface area (Å²) in [4.78, 5) is 31.5. The number of nitro benzene ring substituents is 1. The molecule has 0 atom stereocenters. The molecule has 3 rings (SSSR count). The van der Waals surface area contributed by atoms with Gasteiger partial charge in [-0.2, -0.15) is 13.2 Å². The molecule has 0 saturated heterocycles. The normalized spacial score (nSPS) is 11.5. The zero-order valence-electron chi connectivity index (χ0n) is 12.2. The van der Waals surface area contributed by atoms with Gasteiger partial charge in [0, 0.05) is 24.0 Å². The Bertz CT molecular complexity index is 966. The van der Waals surface area contributed by atoms with Crippen LogP contribution in [0.5, 0.6) is 0 Å². The third-order valence-electron chi connectivity index (χ3n) is 3.24. The number of nitrogens with one attached hydrogen (secondary N) is 2. The van der Waals surface area contributed by atoms with Gasteiger partial charge in [0.25, 0.3) is 11.6 Å². The number of carbonyl (C=O) groups is 1. The SMILES string of the molecule is O=C(Nc1ccc([N+](=O)[O-])cc1)c1cncc2[nH]c(C(F)(F)F)nc12. The Hall–Kier alpha value is -3.50. The fourth-order valence-electron chi connectivity index (χ4n) is 2.10. The predicted molar refractivity (Wildman–Crippen MR) is 79.9 cm³/mol. The lowest BCUT2D eigenvalue weighted by Crippen LogP contribution is -2.13. The van der Waals surface area contributed by atoms with Crippen molar-refractivity contribution in [3.8, 4) is 0 Å².